The number of carbonyl (C=O) groups is 1. The monoisotopic (exact) mass is 372 g/mol. The second-order valence-electron chi connectivity index (χ2n) is 4.69. The second-order valence-corrected chi connectivity index (χ2v) is 5.44. The number of fused-ring (bicyclic) bond motifs is 1. The Morgan fingerprint density at radius 1 is 1.32 bits per heavy atom. The van der Waals surface area contributed by atoms with Gasteiger partial charge in [-0.15, -0.1) is 0 Å². The van der Waals surface area contributed by atoms with Gasteiger partial charge in [0.1, 0.15) is 5.69 Å². The highest BCUT2D eigenvalue weighted by Gasteiger charge is 2.40. The maximum atomic E-state index is 14.0. The zero-order valence-electron chi connectivity index (χ0n) is 10.8. The number of hydrogen-bond donors (Lipinski definition) is 2. The largest absolute Gasteiger partial charge is 0.382 e. The lowest BCUT2D eigenvalue weighted by molar-refractivity contribution is -0.00833. The molecular formula is C13H8BrF3N4O. The molecule has 0 fully saturated rings. The molecule has 3 rings (SSSR count). The van der Waals surface area contributed by atoms with Gasteiger partial charge in [0, 0.05) is 16.7 Å². The van der Waals surface area contributed by atoms with Crippen molar-refractivity contribution in [3.05, 3.63) is 39.9 Å². The fraction of sp³-hybridized carbons (Fsp3) is 0.154. The van der Waals surface area contributed by atoms with Crippen LogP contribution >= 0.6 is 15.9 Å². The molecule has 1 aliphatic heterocycles. The van der Waals surface area contributed by atoms with E-state index in [1.807, 2.05) is 0 Å². The number of alkyl halides is 2. The van der Waals surface area contributed by atoms with Crippen molar-refractivity contribution in [3.63, 3.8) is 0 Å². The average molecular weight is 373 g/mol. The molecule has 0 saturated carbocycles. The van der Waals surface area contributed by atoms with Gasteiger partial charge in [-0.05, 0) is 28.1 Å². The molecule has 22 heavy (non-hydrogen) atoms. The first-order valence-electron chi connectivity index (χ1n) is 6.09. The minimum Gasteiger partial charge on any atom is -0.382 e. The molecule has 0 radical (unpaired) electrons. The predicted molar refractivity (Wildman–Crippen MR) is 75.8 cm³/mol. The molecule has 1 aliphatic rings. The van der Waals surface area contributed by atoms with Gasteiger partial charge in [0.05, 0.1) is 6.54 Å². The molecule has 2 aromatic rings. The molecule has 1 aromatic heterocycles. The molecule has 3 N–H and O–H groups in total. The molecule has 0 atom stereocenters. The fourth-order valence-electron chi connectivity index (χ4n) is 2.19. The number of amides is 1. The Kier molecular flexibility index (Phi) is 3.32. The maximum absolute atomic E-state index is 14.0. The van der Waals surface area contributed by atoms with Crippen molar-refractivity contribution in [2.24, 2.45) is 0 Å². The van der Waals surface area contributed by atoms with E-state index >= 15 is 0 Å². The molecule has 0 spiro atoms. The highest BCUT2D eigenvalue weighted by molar-refractivity contribution is 9.10. The Bertz CT molecular complexity index is 797. The Balaban J connectivity index is 2.19. The summed E-state index contributed by atoms with van der Waals surface area (Å²) in [6.07, 6.45) is 0. The highest BCUT2D eigenvalue weighted by atomic mass is 79.9. The summed E-state index contributed by atoms with van der Waals surface area (Å²) in [6.45, 7) is -0.781. The van der Waals surface area contributed by atoms with Gasteiger partial charge < -0.3 is 11.1 Å². The van der Waals surface area contributed by atoms with E-state index in [-0.39, 0.29) is 27.2 Å². The number of hydrogen-bond acceptors (Lipinski definition) is 4. The van der Waals surface area contributed by atoms with Gasteiger partial charge >= 0.3 is 0 Å². The normalized spacial score (nSPS) is 16.1. The first-order valence-corrected chi connectivity index (χ1v) is 6.88. The molecule has 0 bridgehead atoms. The molecule has 9 heteroatoms. The predicted octanol–water partition coefficient (Wildman–Crippen LogP) is 2.46. The van der Waals surface area contributed by atoms with Crippen LogP contribution in [0.3, 0.4) is 0 Å². The van der Waals surface area contributed by atoms with Crippen LogP contribution in [0, 0.1) is 5.95 Å². The van der Waals surface area contributed by atoms with Gasteiger partial charge in [0.15, 0.2) is 10.4 Å². The molecule has 5 nitrogen and oxygen atoms in total. The quantitative estimate of drug-likeness (QED) is 0.805. The van der Waals surface area contributed by atoms with Gasteiger partial charge in [0.25, 0.3) is 11.8 Å². The van der Waals surface area contributed by atoms with Gasteiger partial charge in [0.2, 0.25) is 5.95 Å². The molecule has 114 valence electrons. The lowest BCUT2D eigenvalue weighted by Gasteiger charge is -2.25. The van der Waals surface area contributed by atoms with Crippen molar-refractivity contribution >= 4 is 27.7 Å². The third-order valence-electron chi connectivity index (χ3n) is 3.24. The molecule has 1 amide bonds. The third-order valence-corrected chi connectivity index (χ3v) is 3.75. The Hall–Kier alpha value is -2.16. The summed E-state index contributed by atoms with van der Waals surface area (Å²) < 4.78 is 41.0. The number of anilines is 1. The molecule has 0 aliphatic carbocycles. The number of aromatic nitrogens is 2. The molecule has 2 heterocycles. The topological polar surface area (TPSA) is 80.9 Å². The van der Waals surface area contributed by atoms with Crippen molar-refractivity contribution < 1.29 is 18.0 Å². The van der Waals surface area contributed by atoms with Crippen molar-refractivity contribution in [2.75, 3.05) is 12.3 Å². The SMILES string of the molecule is Nc1nc(F)c(Br)nc1-c1ccc2c(c1)C(F)(F)CNC2=O. The second kappa shape index (κ2) is 4.94. The van der Waals surface area contributed by atoms with Crippen molar-refractivity contribution in [1.82, 2.24) is 15.3 Å². The first-order chi connectivity index (χ1) is 10.3. The van der Waals surface area contributed by atoms with Crippen LogP contribution in [0.4, 0.5) is 19.0 Å². The van der Waals surface area contributed by atoms with Crippen molar-refractivity contribution in [1.29, 1.82) is 0 Å². The fourth-order valence-corrected chi connectivity index (χ4v) is 2.46. The minimum atomic E-state index is -3.21. The maximum Gasteiger partial charge on any atom is 0.290 e. The lowest BCUT2D eigenvalue weighted by Crippen LogP contribution is -2.41. The van der Waals surface area contributed by atoms with Crippen molar-refractivity contribution in [2.45, 2.75) is 5.92 Å². The first kappa shape index (κ1) is 14.8. The minimum absolute atomic E-state index is 0.0536. The van der Waals surface area contributed by atoms with Crippen LogP contribution in [0.15, 0.2) is 22.8 Å². The number of benzene rings is 1. The van der Waals surface area contributed by atoms with Crippen LogP contribution in [0.2, 0.25) is 0 Å². The summed E-state index contributed by atoms with van der Waals surface area (Å²) in [6, 6.07) is 3.79. The van der Waals surface area contributed by atoms with Gasteiger partial charge in [-0.3, -0.25) is 4.79 Å². The summed E-state index contributed by atoms with van der Waals surface area (Å²) in [5.74, 6) is -4.92. The zero-order chi connectivity index (χ0) is 16.1. The molecule has 1 aromatic carbocycles. The van der Waals surface area contributed by atoms with E-state index in [9.17, 15) is 18.0 Å². The van der Waals surface area contributed by atoms with Crippen LogP contribution in [0.1, 0.15) is 15.9 Å². The van der Waals surface area contributed by atoms with Crippen molar-refractivity contribution in [3.8, 4) is 11.3 Å². The van der Waals surface area contributed by atoms with E-state index in [0.29, 0.717) is 0 Å². The van der Waals surface area contributed by atoms with Crippen LogP contribution in [-0.2, 0) is 5.92 Å². The van der Waals surface area contributed by atoms with Crippen LogP contribution < -0.4 is 11.1 Å². The Morgan fingerprint density at radius 3 is 2.77 bits per heavy atom. The van der Waals surface area contributed by atoms with E-state index in [0.717, 1.165) is 6.07 Å². The molecule has 0 saturated heterocycles. The van der Waals surface area contributed by atoms with E-state index in [4.69, 9.17) is 5.73 Å². The number of nitrogens with two attached hydrogens (primary N) is 1. The number of carbonyl (C=O) groups excluding carboxylic acids is 1. The smallest absolute Gasteiger partial charge is 0.290 e. The number of halogens is 4. The number of nitrogens with one attached hydrogen (secondary N) is 1. The summed E-state index contributed by atoms with van der Waals surface area (Å²) in [5.41, 5.74) is 5.33. The molecular weight excluding hydrogens is 365 g/mol. The van der Waals surface area contributed by atoms with Crippen LogP contribution in [-0.4, -0.2) is 22.4 Å². The van der Waals surface area contributed by atoms with E-state index in [1.165, 1.54) is 12.1 Å². The summed E-state index contributed by atoms with van der Waals surface area (Å²) >= 11 is 2.87. The van der Waals surface area contributed by atoms with Crippen LogP contribution in [0.25, 0.3) is 11.3 Å². The summed E-state index contributed by atoms with van der Waals surface area (Å²) in [7, 11) is 0. The standard InChI is InChI=1S/C13H8BrF3N4O/c14-9-10(15)21-11(18)8(20-9)5-1-2-6-7(3-5)13(16,17)4-19-12(6)22/h1-3H,4H2,(H2,18,21)(H,19,22). The van der Waals surface area contributed by atoms with Gasteiger partial charge in [-0.2, -0.15) is 18.2 Å². The molecule has 0 unspecified atom stereocenters. The summed E-state index contributed by atoms with van der Waals surface area (Å²) in [4.78, 5) is 18.9. The lowest BCUT2D eigenvalue weighted by atomic mass is 9.94. The van der Waals surface area contributed by atoms with Crippen LogP contribution in [0.5, 0.6) is 0 Å². The Labute approximate surface area is 130 Å². The van der Waals surface area contributed by atoms with Gasteiger partial charge in [-0.25, -0.2) is 4.98 Å². The van der Waals surface area contributed by atoms with Gasteiger partial charge in [-0.1, -0.05) is 6.07 Å². The van der Waals surface area contributed by atoms with E-state index < -0.39 is 29.9 Å². The highest BCUT2D eigenvalue weighted by Crippen LogP contribution is 2.36. The summed E-state index contributed by atoms with van der Waals surface area (Å²) in [5, 5.41) is 2.12. The average Bonchev–Trinajstić information content (AvgIpc) is 2.47. The number of rotatable bonds is 1. The third kappa shape index (κ3) is 2.31. The van der Waals surface area contributed by atoms with E-state index in [2.05, 4.69) is 31.2 Å². The van der Waals surface area contributed by atoms with E-state index in [1.54, 1.807) is 0 Å². The number of nitrogen functional groups attached to an aromatic ring is 1. The Morgan fingerprint density at radius 2 is 2.05 bits per heavy atom. The number of nitrogens with zero attached hydrogens (tertiary/aromatic N) is 2. The zero-order valence-corrected chi connectivity index (χ0v) is 12.4.